The summed E-state index contributed by atoms with van der Waals surface area (Å²) in [5.74, 6) is -8.03. The van der Waals surface area contributed by atoms with Crippen LogP contribution in [0.2, 0.25) is 0 Å². The molecule has 0 unspecified atom stereocenters. The SMILES string of the molecule is [2H]c1c([2H])c(C(=C(c2c([2H])c([2H])c(C(=O)O)c([2H])c2[2H])c2c([2H])c([2H])c(C(=O)O)c([2H])c2[2H])c2c([2H])c([2H])c(C(=O)O)c([2H])c2[2H])c([2H])c([2H])c1C(=O)O. The van der Waals surface area contributed by atoms with Gasteiger partial charge < -0.3 is 20.4 Å². The maximum Gasteiger partial charge on any atom is 0.335 e. The minimum absolute atomic E-state index is 1.24. The molecule has 38 heavy (non-hydrogen) atoms. The van der Waals surface area contributed by atoms with Crippen LogP contribution in [0.3, 0.4) is 0 Å². The Morgan fingerprint density at radius 3 is 0.605 bits per heavy atom. The number of hydrogen-bond acceptors (Lipinski definition) is 4. The van der Waals surface area contributed by atoms with Gasteiger partial charge in [-0.1, -0.05) is 48.3 Å². The van der Waals surface area contributed by atoms with Gasteiger partial charge in [-0.25, -0.2) is 19.2 Å². The van der Waals surface area contributed by atoms with E-state index in [0.717, 1.165) is 0 Å². The van der Waals surface area contributed by atoms with E-state index in [1.807, 2.05) is 0 Å². The lowest BCUT2D eigenvalue weighted by Crippen LogP contribution is -2.02. The van der Waals surface area contributed by atoms with Gasteiger partial charge in [0.25, 0.3) is 0 Å². The molecular formula is C30H20O8. The van der Waals surface area contributed by atoms with E-state index >= 15 is 0 Å². The third-order valence-electron chi connectivity index (χ3n) is 4.61. The molecule has 0 heterocycles. The quantitative estimate of drug-likeness (QED) is 0.221. The Morgan fingerprint density at radius 1 is 0.342 bits per heavy atom. The zero-order chi connectivity index (χ0) is 41.3. The highest BCUT2D eigenvalue weighted by Gasteiger charge is 2.18. The number of rotatable bonds is 8. The fourth-order valence-corrected chi connectivity index (χ4v) is 2.93. The third kappa shape index (κ3) is 5.34. The molecule has 4 rings (SSSR count). The Morgan fingerprint density at radius 2 is 0.474 bits per heavy atom. The van der Waals surface area contributed by atoms with Crippen molar-refractivity contribution in [3.8, 4) is 0 Å². The van der Waals surface area contributed by atoms with Gasteiger partial charge in [0.15, 0.2) is 0 Å². The average molecular weight is 525 g/mol. The normalized spacial score (nSPS) is 16.3. The van der Waals surface area contributed by atoms with E-state index in [9.17, 15) is 39.6 Å². The molecular weight excluding hydrogens is 488 g/mol. The summed E-state index contributed by atoms with van der Waals surface area (Å²) >= 11 is 0. The fraction of sp³-hybridized carbons (Fsp3) is 0. The summed E-state index contributed by atoms with van der Waals surface area (Å²) in [6.45, 7) is 0. The fourth-order valence-electron chi connectivity index (χ4n) is 2.93. The number of aromatic carboxylic acids is 4. The van der Waals surface area contributed by atoms with Gasteiger partial charge in [-0.2, -0.15) is 0 Å². The Labute approximate surface area is 238 Å². The van der Waals surface area contributed by atoms with Crippen molar-refractivity contribution in [3.05, 3.63) is 141 Å². The first-order valence-corrected chi connectivity index (χ1v) is 9.96. The number of hydrogen-bond donors (Lipinski definition) is 4. The number of carbonyl (C=O) groups is 4. The first-order chi connectivity index (χ1) is 24.9. The van der Waals surface area contributed by atoms with Crippen molar-refractivity contribution in [1.29, 1.82) is 0 Å². The zero-order valence-electron chi connectivity index (χ0n) is 34.4. The van der Waals surface area contributed by atoms with Crippen molar-refractivity contribution < 1.29 is 61.5 Å². The lowest BCUT2D eigenvalue weighted by molar-refractivity contribution is 0.0686. The van der Waals surface area contributed by atoms with Gasteiger partial charge in [0.2, 0.25) is 0 Å². The van der Waals surface area contributed by atoms with Crippen LogP contribution in [-0.2, 0) is 0 Å². The summed E-state index contributed by atoms with van der Waals surface area (Å²) in [6, 6.07) is -21.9. The molecule has 188 valence electrons. The molecule has 0 aliphatic heterocycles. The molecule has 8 nitrogen and oxygen atoms in total. The first-order valence-electron chi connectivity index (χ1n) is 18.0. The number of carboxylic acids is 4. The summed E-state index contributed by atoms with van der Waals surface area (Å²) in [4.78, 5) is 48.1. The largest absolute Gasteiger partial charge is 0.478 e. The van der Waals surface area contributed by atoms with Crippen LogP contribution in [0.5, 0.6) is 0 Å². The lowest BCUT2D eigenvalue weighted by Gasteiger charge is -2.19. The van der Waals surface area contributed by atoms with Crippen molar-refractivity contribution >= 4 is 35.0 Å². The number of carboxylic acid groups (broad SMARTS) is 4. The summed E-state index contributed by atoms with van der Waals surface area (Å²) in [5.41, 5.74) is -12.6. The second kappa shape index (κ2) is 10.6. The Kier molecular flexibility index (Phi) is 3.40. The second-order valence-corrected chi connectivity index (χ2v) is 6.97. The highest BCUT2D eigenvalue weighted by Crippen LogP contribution is 2.37. The number of benzene rings is 4. The van der Waals surface area contributed by atoms with Crippen LogP contribution in [0.25, 0.3) is 11.1 Å². The average Bonchev–Trinajstić information content (AvgIpc) is 3.06. The van der Waals surface area contributed by atoms with E-state index in [1.54, 1.807) is 0 Å². The highest BCUT2D eigenvalue weighted by atomic mass is 16.4. The van der Waals surface area contributed by atoms with Gasteiger partial charge in [0.1, 0.15) is 0 Å². The molecule has 0 spiro atoms. The summed E-state index contributed by atoms with van der Waals surface area (Å²) in [5, 5.41) is 38.8. The Balaban J connectivity index is 2.68. The summed E-state index contributed by atoms with van der Waals surface area (Å²) in [7, 11) is 0. The van der Waals surface area contributed by atoms with Crippen LogP contribution >= 0.6 is 0 Å². The molecule has 4 N–H and O–H groups in total. The van der Waals surface area contributed by atoms with Gasteiger partial charge in [0.05, 0.1) is 44.2 Å². The standard InChI is InChI=1S/C30H20O8/c31-27(32)21-9-1-17(2-10-21)25(18-3-11-22(12-4-18)28(33)34)26(19-5-13-23(14-6-19)29(35)36)20-7-15-24(16-8-20)30(37)38/h1-16H,(H,31,32)(H,33,34)(H,35,36)(H,37,38)/i1D,2D,3D,4D,5D,6D,7D,8D,9D,10D,11D,12D,13D,14D,15D,16D. The smallest absolute Gasteiger partial charge is 0.335 e. The lowest BCUT2D eigenvalue weighted by atomic mass is 9.85. The van der Waals surface area contributed by atoms with E-state index in [0.29, 0.717) is 0 Å². The van der Waals surface area contributed by atoms with Crippen LogP contribution in [0.4, 0.5) is 0 Å². The van der Waals surface area contributed by atoms with Gasteiger partial charge in [-0.15, -0.1) is 0 Å². The molecule has 4 aromatic rings. The zero-order valence-corrected chi connectivity index (χ0v) is 18.4. The second-order valence-electron chi connectivity index (χ2n) is 6.97. The van der Waals surface area contributed by atoms with E-state index in [2.05, 4.69) is 0 Å². The maximum atomic E-state index is 12.0. The minimum atomic E-state index is -2.01. The predicted molar refractivity (Wildman–Crippen MR) is 139 cm³/mol. The van der Waals surface area contributed by atoms with Crippen molar-refractivity contribution in [1.82, 2.24) is 0 Å². The van der Waals surface area contributed by atoms with Crippen LogP contribution in [0, 0.1) is 0 Å². The highest BCUT2D eigenvalue weighted by molar-refractivity contribution is 6.05. The molecule has 0 saturated heterocycles. The van der Waals surface area contributed by atoms with E-state index in [1.165, 1.54) is 0 Å². The monoisotopic (exact) mass is 524 g/mol. The molecule has 0 amide bonds. The Bertz CT molecular complexity index is 2030. The molecule has 0 atom stereocenters. The minimum Gasteiger partial charge on any atom is -0.478 e. The van der Waals surface area contributed by atoms with Crippen molar-refractivity contribution in [2.24, 2.45) is 0 Å². The predicted octanol–water partition coefficient (Wildman–Crippen LogP) is 5.49. The topological polar surface area (TPSA) is 149 Å². The Hall–Kier alpha value is -5.50. The molecule has 0 bridgehead atoms. The van der Waals surface area contributed by atoms with Crippen LogP contribution in [-0.4, -0.2) is 44.3 Å². The first kappa shape index (κ1) is 12.2. The van der Waals surface area contributed by atoms with Gasteiger partial charge in [0, 0.05) is 0 Å². The molecule has 8 heteroatoms. The molecule has 0 fully saturated rings. The molecule has 4 aromatic carbocycles. The van der Waals surface area contributed by atoms with Crippen molar-refractivity contribution in [3.63, 3.8) is 0 Å². The molecule has 0 aliphatic rings. The van der Waals surface area contributed by atoms with Crippen molar-refractivity contribution in [2.45, 2.75) is 0 Å². The van der Waals surface area contributed by atoms with Crippen LogP contribution < -0.4 is 0 Å². The van der Waals surface area contributed by atoms with E-state index < -0.39 is 176 Å². The van der Waals surface area contributed by atoms with Crippen LogP contribution in [0.1, 0.15) is 85.6 Å². The van der Waals surface area contributed by atoms with Crippen LogP contribution in [0.15, 0.2) is 96.7 Å². The molecule has 0 aliphatic carbocycles. The van der Waals surface area contributed by atoms with Gasteiger partial charge >= 0.3 is 23.9 Å². The summed E-state index contributed by atoms with van der Waals surface area (Å²) < 4.78 is 138. The molecule has 0 saturated carbocycles. The molecule has 0 aromatic heterocycles. The van der Waals surface area contributed by atoms with E-state index in [4.69, 9.17) is 21.9 Å². The summed E-state index contributed by atoms with van der Waals surface area (Å²) in [6.07, 6.45) is 0. The van der Waals surface area contributed by atoms with E-state index in [-0.39, 0.29) is 0 Å². The molecule has 0 radical (unpaired) electrons. The maximum absolute atomic E-state index is 12.0. The third-order valence-corrected chi connectivity index (χ3v) is 4.61. The van der Waals surface area contributed by atoms with Gasteiger partial charge in [-0.05, 0) is 81.7 Å². The van der Waals surface area contributed by atoms with Gasteiger partial charge in [-0.3, -0.25) is 0 Å². The van der Waals surface area contributed by atoms with Crippen molar-refractivity contribution in [2.75, 3.05) is 0 Å².